The van der Waals surface area contributed by atoms with Crippen molar-refractivity contribution in [1.29, 1.82) is 0 Å². The van der Waals surface area contributed by atoms with Gasteiger partial charge in [-0.2, -0.15) is 0 Å². The normalized spacial score (nSPS) is 13.5. The fourth-order valence-electron chi connectivity index (χ4n) is 2.59. The van der Waals surface area contributed by atoms with Gasteiger partial charge >= 0.3 is 5.97 Å². The van der Waals surface area contributed by atoms with Crippen LogP contribution in [0.1, 0.15) is 79.6 Å². The molecule has 0 saturated heterocycles. The number of allylic oxidation sites excluding steroid dienone is 1. The highest BCUT2D eigenvalue weighted by Gasteiger charge is 2.21. The SMILES string of the molecule is CC(O)CCCCCC/C=C\CC(=O)OC(C(C)C)C(C)C. The summed E-state index contributed by atoms with van der Waals surface area (Å²) in [4.78, 5) is 11.8. The molecule has 1 unspecified atom stereocenters. The predicted octanol–water partition coefficient (Wildman–Crippen LogP) is 4.88. The number of aliphatic hydroxyl groups is 1. The Morgan fingerprint density at radius 3 is 2.09 bits per heavy atom. The molecule has 1 N–H and O–H groups in total. The summed E-state index contributed by atoms with van der Waals surface area (Å²) in [5.74, 6) is 0.588. The number of unbranched alkanes of at least 4 members (excludes halogenated alkanes) is 4. The number of ether oxygens (including phenoxy) is 1. The molecule has 22 heavy (non-hydrogen) atoms. The third kappa shape index (κ3) is 11.8. The monoisotopic (exact) mass is 312 g/mol. The molecule has 130 valence electrons. The van der Waals surface area contributed by atoms with E-state index in [0.717, 1.165) is 25.7 Å². The molecule has 0 aromatic carbocycles. The largest absolute Gasteiger partial charge is 0.462 e. The molecule has 0 amide bonds. The topological polar surface area (TPSA) is 46.5 Å². The van der Waals surface area contributed by atoms with Crippen LogP contribution in [-0.2, 0) is 9.53 Å². The van der Waals surface area contributed by atoms with E-state index in [9.17, 15) is 4.79 Å². The van der Waals surface area contributed by atoms with Crippen molar-refractivity contribution in [3.63, 3.8) is 0 Å². The first-order valence-electron chi connectivity index (χ1n) is 8.87. The lowest BCUT2D eigenvalue weighted by molar-refractivity contribution is -0.152. The molecule has 0 rings (SSSR count). The lowest BCUT2D eigenvalue weighted by Gasteiger charge is -2.24. The van der Waals surface area contributed by atoms with Crippen LogP contribution in [0.3, 0.4) is 0 Å². The first-order chi connectivity index (χ1) is 10.3. The zero-order chi connectivity index (χ0) is 17.0. The number of rotatable bonds is 12. The highest BCUT2D eigenvalue weighted by atomic mass is 16.5. The molecule has 0 aromatic heterocycles. The van der Waals surface area contributed by atoms with Gasteiger partial charge in [-0.1, -0.05) is 59.1 Å². The van der Waals surface area contributed by atoms with Crippen molar-refractivity contribution in [2.45, 2.75) is 91.8 Å². The van der Waals surface area contributed by atoms with Crippen LogP contribution in [0.15, 0.2) is 12.2 Å². The number of aliphatic hydroxyl groups excluding tert-OH is 1. The number of hydrogen-bond acceptors (Lipinski definition) is 3. The summed E-state index contributed by atoms with van der Waals surface area (Å²) >= 11 is 0. The zero-order valence-electron chi connectivity index (χ0n) is 15.2. The average Bonchev–Trinajstić information content (AvgIpc) is 2.41. The van der Waals surface area contributed by atoms with Gasteiger partial charge in [0.25, 0.3) is 0 Å². The van der Waals surface area contributed by atoms with Gasteiger partial charge in [0.2, 0.25) is 0 Å². The first-order valence-corrected chi connectivity index (χ1v) is 8.87. The third-order valence-corrected chi connectivity index (χ3v) is 3.78. The van der Waals surface area contributed by atoms with Crippen LogP contribution >= 0.6 is 0 Å². The molecule has 0 aliphatic rings. The third-order valence-electron chi connectivity index (χ3n) is 3.78. The van der Waals surface area contributed by atoms with Crippen LogP contribution in [0.4, 0.5) is 0 Å². The van der Waals surface area contributed by atoms with Crippen molar-refractivity contribution in [3.8, 4) is 0 Å². The zero-order valence-corrected chi connectivity index (χ0v) is 15.2. The quantitative estimate of drug-likeness (QED) is 0.317. The summed E-state index contributed by atoms with van der Waals surface area (Å²) in [7, 11) is 0. The van der Waals surface area contributed by atoms with Crippen molar-refractivity contribution >= 4 is 5.97 Å². The van der Waals surface area contributed by atoms with Crippen LogP contribution < -0.4 is 0 Å². The maximum absolute atomic E-state index is 11.8. The van der Waals surface area contributed by atoms with E-state index in [4.69, 9.17) is 9.84 Å². The lowest BCUT2D eigenvalue weighted by Crippen LogP contribution is -2.28. The van der Waals surface area contributed by atoms with Crippen molar-refractivity contribution in [2.75, 3.05) is 0 Å². The predicted molar refractivity (Wildman–Crippen MR) is 92.7 cm³/mol. The highest BCUT2D eigenvalue weighted by molar-refractivity contribution is 5.71. The molecule has 0 aliphatic carbocycles. The number of esters is 1. The lowest BCUT2D eigenvalue weighted by atomic mass is 9.96. The van der Waals surface area contributed by atoms with Gasteiger partial charge < -0.3 is 9.84 Å². The molecule has 0 spiro atoms. The van der Waals surface area contributed by atoms with E-state index in [0.29, 0.717) is 18.3 Å². The van der Waals surface area contributed by atoms with Gasteiger partial charge in [0, 0.05) is 0 Å². The van der Waals surface area contributed by atoms with E-state index in [1.54, 1.807) is 0 Å². The molecule has 0 aromatic rings. The molecule has 0 heterocycles. The molecule has 0 fully saturated rings. The second-order valence-corrected chi connectivity index (χ2v) is 6.96. The van der Waals surface area contributed by atoms with Gasteiger partial charge in [0.15, 0.2) is 0 Å². The Hall–Kier alpha value is -0.830. The maximum Gasteiger partial charge on any atom is 0.309 e. The van der Waals surface area contributed by atoms with Crippen LogP contribution in [0, 0.1) is 11.8 Å². The van der Waals surface area contributed by atoms with Gasteiger partial charge in [-0.25, -0.2) is 0 Å². The van der Waals surface area contributed by atoms with Crippen LogP contribution in [0.2, 0.25) is 0 Å². The minimum Gasteiger partial charge on any atom is -0.462 e. The summed E-state index contributed by atoms with van der Waals surface area (Å²) in [6.07, 6.45) is 10.7. The van der Waals surface area contributed by atoms with Gasteiger partial charge in [-0.3, -0.25) is 4.79 Å². The molecule has 1 atom stereocenters. The summed E-state index contributed by atoms with van der Waals surface area (Å²) in [5, 5.41) is 9.15. The minimum atomic E-state index is -0.175. The fraction of sp³-hybridized carbons (Fsp3) is 0.842. The number of hydrogen-bond donors (Lipinski definition) is 1. The summed E-state index contributed by atoms with van der Waals surface area (Å²) in [6, 6.07) is 0. The van der Waals surface area contributed by atoms with Gasteiger partial charge in [0.1, 0.15) is 6.10 Å². The fourth-order valence-corrected chi connectivity index (χ4v) is 2.59. The molecular formula is C19H36O3. The second-order valence-electron chi connectivity index (χ2n) is 6.96. The minimum absolute atomic E-state index is 0.00909. The average molecular weight is 312 g/mol. The number of carbonyl (C=O) groups is 1. The number of carbonyl (C=O) groups excluding carboxylic acids is 1. The highest BCUT2D eigenvalue weighted by Crippen LogP contribution is 2.17. The van der Waals surface area contributed by atoms with Crippen LogP contribution in [0.25, 0.3) is 0 Å². The first kappa shape index (κ1) is 21.2. The van der Waals surface area contributed by atoms with E-state index >= 15 is 0 Å². The van der Waals surface area contributed by atoms with Crippen molar-refractivity contribution in [2.24, 2.45) is 11.8 Å². The Morgan fingerprint density at radius 1 is 0.955 bits per heavy atom. The molecule has 0 radical (unpaired) electrons. The summed E-state index contributed by atoms with van der Waals surface area (Å²) in [6.45, 7) is 10.2. The van der Waals surface area contributed by atoms with E-state index in [-0.39, 0.29) is 18.2 Å². The molecule has 0 aliphatic heterocycles. The maximum atomic E-state index is 11.8. The Balaban J connectivity index is 3.69. The van der Waals surface area contributed by atoms with Crippen molar-refractivity contribution in [3.05, 3.63) is 12.2 Å². The molecule has 3 nitrogen and oxygen atoms in total. The van der Waals surface area contributed by atoms with Gasteiger partial charge in [0.05, 0.1) is 12.5 Å². The Kier molecular flexibility index (Phi) is 12.2. The summed E-state index contributed by atoms with van der Waals surface area (Å²) < 4.78 is 5.54. The van der Waals surface area contributed by atoms with Crippen molar-refractivity contribution in [1.82, 2.24) is 0 Å². The summed E-state index contributed by atoms with van der Waals surface area (Å²) in [5.41, 5.74) is 0. The van der Waals surface area contributed by atoms with Crippen LogP contribution in [0.5, 0.6) is 0 Å². The second kappa shape index (κ2) is 12.7. The van der Waals surface area contributed by atoms with E-state index in [1.807, 2.05) is 13.0 Å². The van der Waals surface area contributed by atoms with Crippen LogP contribution in [-0.4, -0.2) is 23.3 Å². The Bertz CT molecular complexity index is 298. The smallest absolute Gasteiger partial charge is 0.309 e. The van der Waals surface area contributed by atoms with E-state index in [1.165, 1.54) is 12.8 Å². The van der Waals surface area contributed by atoms with E-state index in [2.05, 4.69) is 33.8 Å². The van der Waals surface area contributed by atoms with Crippen molar-refractivity contribution < 1.29 is 14.6 Å². The Labute approximate surface area is 137 Å². The standard InChI is InChI=1S/C19H36O3/c1-15(2)19(16(3)4)22-18(21)14-12-10-8-6-7-9-11-13-17(5)20/h10,12,15-17,19-20H,6-9,11,13-14H2,1-5H3/b12-10-. The molecule has 0 bridgehead atoms. The molecular weight excluding hydrogens is 276 g/mol. The van der Waals surface area contributed by atoms with Gasteiger partial charge in [-0.05, 0) is 38.0 Å². The molecule has 0 saturated carbocycles. The van der Waals surface area contributed by atoms with Gasteiger partial charge in [-0.15, -0.1) is 0 Å². The Morgan fingerprint density at radius 2 is 1.55 bits per heavy atom. The molecule has 3 heteroatoms. The van der Waals surface area contributed by atoms with E-state index < -0.39 is 0 Å².